The van der Waals surface area contributed by atoms with Gasteiger partial charge in [0.1, 0.15) is 35.5 Å². The minimum absolute atomic E-state index is 0.0781. The van der Waals surface area contributed by atoms with Crippen LogP contribution in [0.1, 0.15) is 91.3 Å². The number of aromatic nitrogens is 3. The van der Waals surface area contributed by atoms with Crippen molar-refractivity contribution in [1.82, 2.24) is 24.2 Å². The largest absolute Gasteiger partial charge is 0.457 e. The van der Waals surface area contributed by atoms with Crippen LogP contribution in [-0.4, -0.2) is 76.1 Å². The number of fused-ring (bicyclic) bond motifs is 1. The molecule has 15 heteroatoms. The number of alkyl carbamates (subject to hydrolysis) is 1. The number of hydrogen-bond donors (Lipinski definition) is 2. The van der Waals surface area contributed by atoms with E-state index < -0.39 is 46.0 Å². The Morgan fingerprint density at radius 2 is 1.95 bits per heavy atom. The zero-order chi connectivity index (χ0) is 32.6. The number of hydrogen-bond acceptors (Lipinski definition) is 10. The highest BCUT2D eigenvalue weighted by Gasteiger charge is 2.44. The molecule has 44 heavy (non-hydrogen) atoms. The fraction of sp³-hybridized carbons (Fsp3) is 0.690. The summed E-state index contributed by atoms with van der Waals surface area (Å²) in [7, 11) is -3.76. The van der Waals surface area contributed by atoms with Gasteiger partial charge < -0.3 is 20.1 Å². The molecule has 2 unspecified atom stereocenters. The smallest absolute Gasteiger partial charge is 0.408 e. The number of esters is 1. The second-order valence-electron chi connectivity index (χ2n) is 13.0. The number of halogens is 1. The highest BCUT2D eigenvalue weighted by atomic mass is 35.5. The second kappa shape index (κ2) is 12.7. The van der Waals surface area contributed by atoms with Crippen LogP contribution in [0.25, 0.3) is 5.52 Å². The predicted molar refractivity (Wildman–Crippen MR) is 165 cm³/mol. The van der Waals surface area contributed by atoms with Crippen LogP contribution < -0.4 is 10.6 Å². The molecule has 2 N–H and O–H groups in total. The Kier molecular flexibility index (Phi) is 9.73. The van der Waals surface area contributed by atoms with E-state index in [-0.39, 0.29) is 28.8 Å². The number of amides is 1. The Balaban J connectivity index is 1.67. The van der Waals surface area contributed by atoms with E-state index in [1.54, 1.807) is 39.1 Å². The standard InChI is InChI=1S/C29H42ClN7O6S/c1-8-29(12-10-13-29)23-18(15-31)21(30)19-16-32-26(35-37(19)23)34-24-20(11-9-14-36(24)44(7,40)41)42-25(38)22(17(2)3)33-27(39)43-28(4,5)6/h16-17,20,22,24H,8-14H2,1-7H3,(H,33,39)(H,34,35)/t20?,22-,24?/m0/s1. The Labute approximate surface area is 263 Å². The average molecular weight is 652 g/mol. The zero-order valence-electron chi connectivity index (χ0n) is 26.3. The molecule has 2 aromatic rings. The lowest BCUT2D eigenvalue weighted by atomic mass is 9.64. The van der Waals surface area contributed by atoms with Crippen molar-refractivity contribution in [3.63, 3.8) is 0 Å². The molecule has 1 saturated heterocycles. The molecule has 1 amide bonds. The molecule has 3 atom stereocenters. The molecule has 0 spiro atoms. The van der Waals surface area contributed by atoms with Gasteiger partial charge in [-0.15, -0.1) is 5.10 Å². The third-order valence-electron chi connectivity index (χ3n) is 8.32. The van der Waals surface area contributed by atoms with Crippen molar-refractivity contribution in [2.24, 2.45) is 5.92 Å². The minimum Gasteiger partial charge on any atom is -0.457 e. The van der Waals surface area contributed by atoms with E-state index in [1.165, 1.54) is 10.5 Å². The molecule has 4 rings (SSSR count). The summed E-state index contributed by atoms with van der Waals surface area (Å²) >= 11 is 6.61. The van der Waals surface area contributed by atoms with Gasteiger partial charge >= 0.3 is 12.1 Å². The molecule has 2 aliphatic rings. The molecule has 0 radical (unpaired) electrons. The maximum atomic E-state index is 13.4. The summed E-state index contributed by atoms with van der Waals surface area (Å²) in [5.41, 5.74) is 0.542. The first kappa shape index (κ1) is 33.7. The quantitative estimate of drug-likeness (QED) is 0.372. The fourth-order valence-electron chi connectivity index (χ4n) is 5.91. The number of rotatable bonds is 9. The Hall–Kier alpha value is -3.15. The Bertz CT molecular complexity index is 1550. The molecule has 3 heterocycles. The van der Waals surface area contributed by atoms with Crippen LogP contribution in [0.15, 0.2) is 6.20 Å². The molecule has 1 aliphatic heterocycles. The zero-order valence-corrected chi connectivity index (χ0v) is 27.9. The van der Waals surface area contributed by atoms with Crippen LogP contribution in [0.4, 0.5) is 10.7 Å². The van der Waals surface area contributed by atoms with E-state index in [1.807, 2.05) is 0 Å². The van der Waals surface area contributed by atoms with E-state index in [0.717, 1.165) is 37.6 Å². The number of anilines is 1. The Morgan fingerprint density at radius 3 is 2.48 bits per heavy atom. The van der Waals surface area contributed by atoms with Crippen LogP contribution in [0, 0.1) is 17.2 Å². The first-order chi connectivity index (χ1) is 20.5. The van der Waals surface area contributed by atoms with Gasteiger partial charge in [-0.25, -0.2) is 27.5 Å². The van der Waals surface area contributed by atoms with Gasteiger partial charge in [0, 0.05) is 12.0 Å². The van der Waals surface area contributed by atoms with E-state index >= 15 is 0 Å². The molecule has 0 bridgehead atoms. The topological polar surface area (TPSA) is 168 Å². The number of ether oxygens (including phenoxy) is 2. The van der Waals surface area contributed by atoms with Gasteiger partial charge in [0.25, 0.3) is 0 Å². The summed E-state index contributed by atoms with van der Waals surface area (Å²) in [6.07, 6.45) is 4.26. The van der Waals surface area contributed by atoms with Crippen molar-refractivity contribution in [3.05, 3.63) is 22.5 Å². The van der Waals surface area contributed by atoms with Gasteiger partial charge in [-0.1, -0.05) is 38.8 Å². The van der Waals surface area contributed by atoms with Gasteiger partial charge in [0.05, 0.1) is 28.7 Å². The van der Waals surface area contributed by atoms with Crippen LogP contribution in [0.2, 0.25) is 5.02 Å². The third-order valence-corrected chi connectivity index (χ3v) is 9.96. The fourth-order valence-corrected chi connectivity index (χ4v) is 7.23. The summed E-state index contributed by atoms with van der Waals surface area (Å²) < 4.78 is 39.8. The van der Waals surface area contributed by atoms with E-state index in [2.05, 4.69) is 33.7 Å². The van der Waals surface area contributed by atoms with Crippen molar-refractivity contribution in [2.75, 3.05) is 18.1 Å². The predicted octanol–water partition coefficient (Wildman–Crippen LogP) is 4.34. The normalized spacial score (nSPS) is 21.3. The number of piperidine rings is 1. The van der Waals surface area contributed by atoms with Crippen molar-refractivity contribution in [3.8, 4) is 6.07 Å². The average Bonchev–Trinajstić information content (AvgIpc) is 3.17. The molecule has 242 valence electrons. The minimum atomic E-state index is -3.76. The van der Waals surface area contributed by atoms with Gasteiger partial charge in [-0.3, -0.25) is 0 Å². The van der Waals surface area contributed by atoms with Crippen LogP contribution >= 0.6 is 11.6 Å². The first-order valence-electron chi connectivity index (χ1n) is 14.9. The summed E-state index contributed by atoms with van der Waals surface area (Å²) in [4.78, 5) is 30.3. The number of carbonyl (C=O) groups excluding carboxylic acids is 2. The van der Waals surface area contributed by atoms with Gasteiger partial charge in [0.2, 0.25) is 16.0 Å². The van der Waals surface area contributed by atoms with Crippen molar-refractivity contribution < 1.29 is 27.5 Å². The molecular formula is C29H42ClN7O6S. The number of sulfonamides is 1. The van der Waals surface area contributed by atoms with E-state index in [9.17, 15) is 23.3 Å². The lowest BCUT2D eigenvalue weighted by molar-refractivity contribution is -0.156. The summed E-state index contributed by atoms with van der Waals surface area (Å²) in [6.45, 7) is 10.9. The highest BCUT2D eigenvalue weighted by Crippen LogP contribution is 2.49. The first-order valence-corrected chi connectivity index (χ1v) is 17.1. The monoisotopic (exact) mass is 651 g/mol. The summed E-state index contributed by atoms with van der Waals surface area (Å²) in [5.74, 6) is -0.984. The summed E-state index contributed by atoms with van der Waals surface area (Å²) in [5, 5.41) is 20.6. The lowest BCUT2D eigenvalue weighted by Crippen LogP contribution is -2.57. The van der Waals surface area contributed by atoms with Crippen LogP contribution in [-0.2, 0) is 29.7 Å². The lowest BCUT2D eigenvalue weighted by Gasteiger charge is -2.41. The van der Waals surface area contributed by atoms with Crippen molar-refractivity contribution >= 4 is 45.2 Å². The molecule has 2 fully saturated rings. The van der Waals surface area contributed by atoms with Gasteiger partial charge in [-0.05, 0) is 58.8 Å². The number of nitrogens with one attached hydrogen (secondary N) is 2. The number of nitriles is 1. The maximum absolute atomic E-state index is 13.4. The third kappa shape index (κ3) is 6.89. The van der Waals surface area contributed by atoms with E-state index in [4.69, 9.17) is 21.1 Å². The molecule has 1 saturated carbocycles. The molecule has 13 nitrogen and oxygen atoms in total. The van der Waals surface area contributed by atoms with Crippen molar-refractivity contribution in [2.45, 2.75) is 109 Å². The SMILES string of the molecule is CCC1(c2c(C#N)c(Cl)c3cnc(NC4C(OC(=O)[C@@H](NC(=O)OC(C)(C)C)C(C)C)CCCN4S(C)(=O)=O)nn23)CCC1. The molecule has 1 aliphatic carbocycles. The molecule has 0 aromatic carbocycles. The Morgan fingerprint density at radius 1 is 1.27 bits per heavy atom. The van der Waals surface area contributed by atoms with Crippen molar-refractivity contribution in [1.29, 1.82) is 5.26 Å². The highest BCUT2D eigenvalue weighted by molar-refractivity contribution is 7.88. The molecule has 2 aromatic heterocycles. The molecular weight excluding hydrogens is 610 g/mol. The summed E-state index contributed by atoms with van der Waals surface area (Å²) in [6, 6.07) is 1.20. The second-order valence-corrected chi connectivity index (χ2v) is 15.3. The number of nitrogens with zero attached hydrogens (tertiary/aromatic N) is 5. The van der Waals surface area contributed by atoms with E-state index in [0.29, 0.717) is 23.9 Å². The van der Waals surface area contributed by atoms with Gasteiger partial charge in [0.15, 0.2) is 0 Å². The number of carbonyl (C=O) groups is 2. The maximum Gasteiger partial charge on any atom is 0.408 e. The van der Waals surface area contributed by atoms with Gasteiger partial charge in [-0.2, -0.15) is 9.57 Å². The van der Waals surface area contributed by atoms with Crippen LogP contribution in [0.3, 0.4) is 0 Å². The van der Waals surface area contributed by atoms with Crippen LogP contribution in [0.5, 0.6) is 0 Å².